The Morgan fingerprint density at radius 1 is 1.23 bits per heavy atom. The van der Waals surface area contributed by atoms with Gasteiger partial charge in [0.15, 0.2) is 0 Å². The lowest BCUT2D eigenvalue weighted by atomic mass is 10.2. The van der Waals surface area contributed by atoms with Crippen LogP contribution in [-0.2, 0) is 20.9 Å². The molecule has 6 nitrogen and oxygen atoms in total. The van der Waals surface area contributed by atoms with Crippen molar-refractivity contribution in [2.75, 3.05) is 7.11 Å². The summed E-state index contributed by atoms with van der Waals surface area (Å²) in [6.45, 7) is 1.73. The van der Waals surface area contributed by atoms with Gasteiger partial charge in [-0.2, -0.15) is 0 Å². The van der Waals surface area contributed by atoms with Crippen molar-refractivity contribution < 1.29 is 23.9 Å². The number of thioether (sulfide) groups is 1. The van der Waals surface area contributed by atoms with Gasteiger partial charge in [-0.15, -0.1) is 0 Å². The van der Waals surface area contributed by atoms with Crippen LogP contribution in [0, 0.1) is 0 Å². The van der Waals surface area contributed by atoms with Gasteiger partial charge in [-0.1, -0.05) is 29.8 Å². The summed E-state index contributed by atoms with van der Waals surface area (Å²) in [5.74, 6) is -0.627. The van der Waals surface area contributed by atoms with E-state index in [9.17, 15) is 14.4 Å². The van der Waals surface area contributed by atoms with Gasteiger partial charge in [-0.05, 0) is 80.4 Å². The number of benzene rings is 2. The van der Waals surface area contributed by atoms with E-state index >= 15 is 0 Å². The van der Waals surface area contributed by atoms with E-state index in [0.29, 0.717) is 25.3 Å². The van der Waals surface area contributed by atoms with Gasteiger partial charge in [0.25, 0.3) is 11.1 Å². The highest BCUT2D eigenvalue weighted by atomic mass is 79.9. The number of carbonyl (C=O) groups is 3. The molecule has 1 heterocycles. The van der Waals surface area contributed by atoms with E-state index in [1.165, 1.54) is 14.0 Å². The van der Waals surface area contributed by atoms with Crippen molar-refractivity contribution in [2.45, 2.75) is 19.6 Å². The zero-order chi connectivity index (χ0) is 22.7. The minimum absolute atomic E-state index is 0.212. The lowest BCUT2D eigenvalue weighted by Gasteiger charge is -2.18. The Balaban J connectivity index is 1.80. The van der Waals surface area contributed by atoms with E-state index < -0.39 is 23.2 Å². The average Bonchev–Trinajstić information content (AvgIpc) is 3.00. The SMILES string of the molecule is COC(=O)[C@H](C)N1C(=O)S/C(=C/c2cc(Br)c(OCc3ccccc3Cl)c(Br)c2)C1=O. The van der Waals surface area contributed by atoms with Crippen LogP contribution in [0.5, 0.6) is 5.75 Å². The van der Waals surface area contributed by atoms with E-state index in [0.717, 1.165) is 22.2 Å². The quantitative estimate of drug-likeness (QED) is 0.302. The number of amides is 2. The molecule has 162 valence electrons. The first kappa shape index (κ1) is 23.8. The van der Waals surface area contributed by atoms with Crippen molar-refractivity contribution in [1.29, 1.82) is 0 Å². The molecule has 1 saturated heterocycles. The van der Waals surface area contributed by atoms with Crippen LogP contribution in [0.3, 0.4) is 0 Å². The summed E-state index contributed by atoms with van der Waals surface area (Å²) in [5, 5.41) is 0.0928. The second kappa shape index (κ2) is 10.2. The monoisotopic (exact) mass is 587 g/mol. The molecule has 0 bridgehead atoms. The number of nitrogens with zero attached hydrogens (tertiary/aromatic N) is 1. The zero-order valence-electron chi connectivity index (χ0n) is 16.4. The van der Waals surface area contributed by atoms with Crippen LogP contribution in [-0.4, -0.2) is 35.2 Å². The Kier molecular flexibility index (Phi) is 7.85. The molecule has 1 aliphatic rings. The number of halogens is 3. The fourth-order valence-electron chi connectivity index (χ4n) is 2.81. The lowest BCUT2D eigenvalue weighted by Crippen LogP contribution is -2.42. The number of hydrogen-bond acceptors (Lipinski definition) is 6. The van der Waals surface area contributed by atoms with Crippen molar-refractivity contribution in [3.63, 3.8) is 0 Å². The average molecular weight is 590 g/mol. The molecule has 0 saturated carbocycles. The minimum atomic E-state index is -0.998. The summed E-state index contributed by atoms with van der Waals surface area (Å²) in [5.41, 5.74) is 1.51. The largest absolute Gasteiger partial charge is 0.486 e. The first-order valence-corrected chi connectivity index (χ1v) is 11.7. The fraction of sp³-hybridized carbons (Fsp3) is 0.190. The molecule has 0 N–H and O–H groups in total. The fourth-order valence-corrected chi connectivity index (χ4v) is 5.36. The molecule has 0 aromatic heterocycles. The smallest absolute Gasteiger partial charge is 0.328 e. The number of carbonyl (C=O) groups excluding carboxylic acids is 3. The standard InChI is InChI=1S/C21H16Br2ClNO5S/c1-11(20(27)29-2)25-19(26)17(31-21(25)28)9-12-7-14(22)18(15(23)8-12)30-10-13-5-3-4-6-16(13)24/h3-9,11H,10H2,1-2H3/b17-9+/t11-/m0/s1. The first-order valence-electron chi connectivity index (χ1n) is 8.93. The van der Waals surface area contributed by atoms with Gasteiger partial charge in [-0.3, -0.25) is 14.5 Å². The molecule has 3 rings (SSSR count). The normalized spacial score (nSPS) is 16.0. The molecule has 2 aromatic rings. The maximum absolute atomic E-state index is 12.7. The molecule has 1 fully saturated rings. The van der Waals surface area contributed by atoms with Gasteiger partial charge < -0.3 is 9.47 Å². The number of methoxy groups -OCH3 is 1. The first-order chi connectivity index (χ1) is 14.7. The second-order valence-electron chi connectivity index (χ2n) is 6.44. The molecular formula is C21H16Br2ClNO5S. The van der Waals surface area contributed by atoms with Gasteiger partial charge in [0.2, 0.25) is 0 Å². The van der Waals surface area contributed by atoms with Gasteiger partial charge in [0.1, 0.15) is 18.4 Å². The lowest BCUT2D eigenvalue weighted by molar-refractivity contribution is -0.148. The van der Waals surface area contributed by atoms with Crippen molar-refractivity contribution >= 4 is 78.4 Å². The third-order valence-corrected chi connectivity index (χ3v) is 6.83. The van der Waals surface area contributed by atoms with Gasteiger partial charge in [0.05, 0.1) is 21.0 Å². The van der Waals surface area contributed by atoms with Crippen LogP contribution in [0.4, 0.5) is 4.79 Å². The highest BCUT2D eigenvalue weighted by Gasteiger charge is 2.41. The number of imide groups is 1. The topological polar surface area (TPSA) is 72.9 Å². The van der Waals surface area contributed by atoms with Crippen molar-refractivity contribution in [1.82, 2.24) is 4.90 Å². The number of ether oxygens (including phenoxy) is 2. The molecule has 0 aliphatic carbocycles. The van der Waals surface area contributed by atoms with Gasteiger partial charge in [-0.25, -0.2) is 4.79 Å². The van der Waals surface area contributed by atoms with Crippen LogP contribution in [0.25, 0.3) is 6.08 Å². The van der Waals surface area contributed by atoms with E-state index in [1.807, 2.05) is 18.2 Å². The van der Waals surface area contributed by atoms with Crippen molar-refractivity contribution in [2.24, 2.45) is 0 Å². The van der Waals surface area contributed by atoms with Crippen LogP contribution in [0.15, 0.2) is 50.2 Å². The summed E-state index contributed by atoms with van der Waals surface area (Å²) >= 11 is 13.9. The summed E-state index contributed by atoms with van der Waals surface area (Å²) in [4.78, 5) is 37.8. The van der Waals surface area contributed by atoms with Gasteiger partial charge >= 0.3 is 5.97 Å². The van der Waals surface area contributed by atoms with Crippen LogP contribution < -0.4 is 4.74 Å². The van der Waals surface area contributed by atoms with Crippen LogP contribution in [0.1, 0.15) is 18.1 Å². The zero-order valence-corrected chi connectivity index (χ0v) is 21.1. The molecule has 10 heteroatoms. The van der Waals surface area contributed by atoms with Crippen LogP contribution in [0.2, 0.25) is 5.02 Å². The molecule has 1 atom stereocenters. The summed E-state index contributed by atoms with van der Waals surface area (Å²) in [6, 6.07) is 9.94. The van der Waals surface area contributed by atoms with Crippen molar-refractivity contribution in [3.8, 4) is 5.75 Å². The Bertz CT molecular complexity index is 1070. The highest BCUT2D eigenvalue weighted by molar-refractivity contribution is 9.11. The Morgan fingerprint density at radius 2 is 1.87 bits per heavy atom. The van der Waals surface area contributed by atoms with E-state index in [2.05, 4.69) is 36.6 Å². The molecule has 0 spiro atoms. The maximum Gasteiger partial charge on any atom is 0.328 e. The third-order valence-electron chi connectivity index (χ3n) is 4.40. The molecular weight excluding hydrogens is 574 g/mol. The summed E-state index contributed by atoms with van der Waals surface area (Å²) in [6.07, 6.45) is 1.59. The van der Waals surface area contributed by atoms with E-state index in [1.54, 1.807) is 24.3 Å². The molecule has 2 aromatic carbocycles. The minimum Gasteiger partial charge on any atom is -0.486 e. The second-order valence-corrected chi connectivity index (χ2v) is 9.55. The predicted octanol–water partition coefficient (Wildman–Crippen LogP) is 6.04. The Hall–Kier alpha value is -1.81. The Labute approximate surface area is 205 Å². The molecule has 31 heavy (non-hydrogen) atoms. The van der Waals surface area contributed by atoms with E-state index in [4.69, 9.17) is 16.3 Å². The maximum atomic E-state index is 12.7. The molecule has 0 radical (unpaired) electrons. The molecule has 1 aliphatic heterocycles. The summed E-state index contributed by atoms with van der Waals surface area (Å²) < 4.78 is 11.8. The summed E-state index contributed by atoms with van der Waals surface area (Å²) in [7, 11) is 1.21. The number of hydrogen-bond donors (Lipinski definition) is 0. The number of esters is 1. The van der Waals surface area contributed by atoms with Gasteiger partial charge in [0, 0.05) is 10.6 Å². The van der Waals surface area contributed by atoms with Crippen LogP contribution >= 0.6 is 55.2 Å². The molecule has 2 amide bonds. The Morgan fingerprint density at radius 3 is 2.48 bits per heavy atom. The molecule has 0 unspecified atom stereocenters. The third kappa shape index (κ3) is 5.34. The van der Waals surface area contributed by atoms with Crippen molar-refractivity contribution in [3.05, 3.63) is 66.4 Å². The number of rotatable bonds is 6. The predicted molar refractivity (Wildman–Crippen MR) is 127 cm³/mol. The highest BCUT2D eigenvalue weighted by Crippen LogP contribution is 2.38. The van der Waals surface area contributed by atoms with E-state index in [-0.39, 0.29) is 11.5 Å².